The van der Waals surface area contributed by atoms with E-state index in [9.17, 15) is 0 Å². The lowest BCUT2D eigenvalue weighted by Crippen LogP contribution is -2.05. The minimum Gasteiger partial charge on any atom is -0.424 e. The molecule has 6 saturated carbocycles. The van der Waals surface area contributed by atoms with Crippen molar-refractivity contribution in [1.82, 2.24) is 59.8 Å². The maximum Gasteiger partial charge on any atom is 0.331 e. The van der Waals surface area contributed by atoms with Gasteiger partial charge in [-0.05, 0) is 325 Å². The monoisotopic (exact) mass is 1910 g/mol. The van der Waals surface area contributed by atoms with Gasteiger partial charge in [-0.3, -0.25) is 0 Å². The summed E-state index contributed by atoms with van der Waals surface area (Å²) in [6, 6.07) is 95.0. The van der Waals surface area contributed by atoms with E-state index in [1.807, 2.05) is 218 Å². The molecule has 0 radical (unpaired) electrons. The Kier molecular flexibility index (Phi) is 29.2. The summed E-state index contributed by atoms with van der Waals surface area (Å²) in [7, 11) is 0. The van der Waals surface area contributed by atoms with E-state index in [0.717, 1.165) is 33.4 Å². The molecule has 0 atom stereocenters. The molecule has 6 fully saturated rings. The van der Waals surface area contributed by atoms with Crippen LogP contribution in [0, 0.1) is 0 Å². The van der Waals surface area contributed by atoms with Crippen molar-refractivity contribution in [3.8, 4) is 175 Å². The van der Waals surface area contributed by atoms with Crippen LogP contribution in [0.5, 0.6) is 141 Å². The van der Waals surface area contributed by atoms with Crippen LogP contribution in [0.3, 0.4) is 0 Å². The molecule has 0 spiro atoms. The summed E-state index contributed by atoms with van der Waals surface area (Å²) >= 11 is 0. The van der Waals surface area contributed by atoms with Crippen molar-refractivity contribution in [1.29, 1.82) is 0 Å². The van der Waals surface area contributed by atoms with E-state index in [1.54, 1.807) is 0 Å². The van der Waals surface area contributed by atoms with Gasteiger partial charge in [0.25, 0.3) is 0 Å². The van der Waals surface area contributed by atoms with Gasteiger partial charge in [0.05, 0.1) is 0 Å². The number of benzene rings is 12. The van der Waals surface area contributed by atoms with E-state index in [2.05, 4.69) is 133 Å². The largest absolute Gasteiger partial charge is 0.424 e. The van der Waals surface area contributed by atoms with Crippen molar-refractivity contribution in [3.63, 3.8) is 0 Å². The molecule has 22 rings (SSSR count). The van der Waals surface area contributed by atoms with Gasteiger partial charge < -0.3 is 56.8 Å². The third kappa shape index (κ3) is 24.5. The Labute approximate surface area is 838 Å². The highest BCUT2D eigenvalue weighted by Crippen LogP contribution is 2.45. The van der Waals surface area contributed by atoms with E-state index >= 15 is 0 Å². The van der Waals surface area contributed by atoms with Crippen LogP contribution in [0.15, 0.2) is 291 Å². The third-order valence-electron chi connectivity index (χ3n) is 28.7. The number of aromatic nitrogens is 12. The molecule has 0 amide bonds. The highest BCUT2D eigenvalue weighted by atomic mass is 16.6. The van der Waals surface area contributed by atoms with Gasteiger partial charge in [-0.1, -0.05) is 261 Å². The molecule has 24 nitrogen and oxygen atoms in total. The Morgan fingerprint density at radius 2 is 0.201 bits per heavy atom. The fourth-order valence-corrected chi connectivity index (χ4v) is 20.9. The molecule has 12 aromatic carbocycles. The molecule has 6 aliphatic rings. The van der Waals surface area contributed by atoms with Crippen LogP contribution in [0.2, 0.25) is 0 Å². The third-order valence-corrected chi connectivity index (χ3v) is 28.7. The summed E-state index contributed by atoms with van der Waals surface area (Å²) in [6.07, 6.45) is 37.1. The van der Waals surface area contributed by atoms with Crippen LogP contribution in [-0.2, 0) is 0 Å². The average molecular weight is 1920 g/mol. The Bertz CT molecular complexity index is 6350. The quantitative estimate of drug-likeness (QED) is 0.0370. The van der Waals surface area contributed by atoms with E-state index in [0.29, 0.717) is 105 Å². The van der Waals surface area contributed by atoms with Gasteiger partial charge in [0.2, 0.25) is 0 Å². The first-order valence-corrected chi connectivity index (χ1v) is 51.5. The highest BCUT2D eigenvalue weighted by Gasteiger charge is 2.27. The topological polar surface area (TPSA) is 265 Å². The summed E-state index contributed by atoms with van der Waals surface area (Å²) in [4.78, 5) is 55.6. The van der Waals surface area contributed by atoms with Gasteiger partial charge in [0.15, 0.2) is 0 Å². The van der Waals surface area contributed by atoms with E-state index < -0.39 is 0 Å². The molecule has 0 saturated heterocycles. The molecular weight excluding hydrogens is 1800 g/mol. The lowest BCUT2D eigenvalue weighted by atomic mass is 9.84. The smallest absolute Gasteiger partial charge is 0.331 e. The predicted octanol–water partition coefficient (Wildman–Crippen LogP) is 33.2. The minimum absolute atomic E-state index is 0.0124. The minimum atomic E-state index is -0.0421. The number of ether oxygens (including phenoxy) is 12. The average Bonchev–Trinajstić information content (AvgIpc) is 0.823. The number of nitrogens with zero attached hydrogens (tertiary/aromatic N) is 12. The molecular formula is C120H114N12O12. The van der Waals surface area contributed by atoms with E-state index in [1.165, 1.54) is 226 Å². The first-order chi connectivity index (χ1) is 71.1. The molecule has 0 aliphatic heterocycles. The molecule has 0 bridgehead atoms. The summed E-state index contributed by atoms with van der Waals surface area (Å²) in [5.74, 6) is 9.64. The summed E-state index contributed by atoms with van der Waals surface area (Å²) in [5, 5.41) is 0. The zero-order valence-electron chi connectivity index (χ0n) is 80.7. The first-order valence-electron chi connectivity index (χ1n) is 51.5. The van der Waals surface area contributed by atoms with E-state index in [4.69, 9.17) is 56.8 Å². The van der Waals surface area contributed by atoms with Crippen molar-refractivity contribution in [2.45, 2.75) is 228 Å². The Hall–Kier alpha value is -15.7. The molecule has 6 aliphatic carbocycles. The van der Waals surface area contributed by atoms with Crippen molar-refractivity contribution >= 4 is 0 Å². The molecule has 4 aromatic heterocycles. The summed E-state index contributed by atoms with van der Waals surface area (Å²) < 4.78 is 76.4. The molecule has 144 heavy (non-hydrogen) atoms. The normalized spacial score (nSPS) is 15.8. The molecule has 726 valence electrons. The van der Waals surface area contributed by atoms with Crippen LogP contribution in [0.1, 0.15) is 262 Å². The van der Waals surface area contributed by atoms with Gasteiger partial charge in [-0.2, -0.15) is 0 Å². The molecule has 24 heteroatoms. The second-order valence-corrected chi connectivity index (χ2v) is 38.5. The van der Waals surface area contributed by atoms with Crippen LogP contribution >= 0.6 is 0 Å². The molecule has 4 heterocycles. The summed E-state index contributed by atoms with van der Waals surface area (Å²) in [5.41, 5.74) is 13.3. The Morgan fingerprint density at radius 3 is 0.299 bits per heavy atom. The standard InChI is InChI=1S/C120H114N12O12/c1-7-19-79(20-8-1)85-31-55-97(56-32-85)133-109-121-110(134-98-57-33-86(34-58-98)80-21-9-2-10-22-80)124-115(123-109)139-103-67-43-91(44-68-103)93-47-71-105(72-48-93)141-117-127-113(137-101-63-39-89(40-64-101)83-27-15-5-16-28-83)129-119(131-117)143-107-75-51-95(52-76-107)96-53-77-108(78-54-96)144-120-130-114(138-102-65-41-90(42-66-102)84-29-17-6-18-30-84)128-118(132-120)142-106-73-49-94(50-74-106)92-45-69-104(70-46-92)140-116-125-111(135-99-59-35-87(36-60-99)81-23-11-3-12-24-81)122-112(126-116)136-100-61-37-88(38-62-100)82-25-13-4-14-26-82/h31-84H,1-30H2. The number of hydrogen-bond donors (Lipinski definition) is 0. The van der Waals surface area contributed by atoms with Gasteiger partial charge >= 0.3 is 72.1 Å². The number of rotatable bonds is 33. The first kappa shape index (κ1) is 93.3. The van der Waals surface area contributed by atoms with Crippen LogP contribution in [0.25, 0.3) is 33.4 Å². The molecule has 0 unspecified atom stereocenters. The molecule has 16 aromatic rings. The Morgan fingerprint density at radius 1 is 0.111 bits per heavy atom. The zero-order valence-corrected chi connectivity index (χ0v) is 80.7. The number of hydrogen-bond acceptors (Lipinski definition) is 24. The maximum atomic E-state index is 6.42. The summed E-state index contributed by atoms with van der Waals surface area (Å²) in [6.45, 7) is 0. The van der Waals surface area contributed by atoms with Crippen molar-refractivity contribution in [2.75, 3.05) is 0 Å². The fraction of sp³-hybridized carbons (Fsp3) is 0.300. The molecule has 0 N–H and O–H groups in total. The SMILES string of the molecule is c1cc(-c2ccc(Oc3nc(Oc4ccc(-c5ccc(Oc6nc(Oc7ccc(C8CCCCC8)cc7)nc(Oc7ccc(C8CCCCC8)cc7)n6)cc5)cc4)nc(Oc4ccc(C5CCCCC5)cc4)n3)cc2)ccc1Oc1nc(Oc2ccc(-c3ccc(Oc4nc(Oc5ccc(C6CCCCC6)cc5)nc(Oc5ccc(C6CCCCC6)cc5)n4)cc3)cc2)nc(Oc2ccc(C3CCCCC3)cc2)n1. The van der Waals surface area contributed by atoms with Crippen LogP contribution in [-0.4, -0.2) is 59.8 Å². The Balaban J connectivity index is 0.465. The van der Waals surface area contributed by atoms with Crippen LogP contribution < -0.4 is 56.8 Å². The van der Waals surface area contributed by atoms with Crippen molar-refractivity contribution < 1.29 is 56.8 Å². The zero-order chi connectivity index (χ0) is 96.4. The van der Waals surface area contributed by atoms with Crippen LogP contribution in [0.4, 0.5) is 0 Å². The lowest BCUT2D eigenvalue weighted by Gasteiger charge is -2.22. The maximum absolute atomic E-state index is 6.42. The second kappa shape index (κ2) is 45.0. The van der Waals surface area contributed by atoms with Gasteiger partial charge in [-0.25, -0.2) is 0 Å². The van der Waals surface area contributed by atoms with Gasteiger partial charge in [0.1, 0.15) is 69.0 Å². The van der Waals surface area contributed by atoms with Crippen molar-refractivity contribution in [2.24, 2.45) is 0 Å². The second-order valence-electron chi connectivity index (χ2n) is 38.5. The van der Waals surface area contributed by atoms with Gasteiger partial charge in [0, 0.05) is 0 Å². The predicted molar refractivity (Wildman–Crippen MR) is 549 cm³/mol. The van der Waals surface area contributed by atoms with E-state index in [-0.39, 0.29) is 72.1 Å². The lowest BCUT2D eigenvalue weighted by molar-refractivity contribution is 0.360. The van der Waals surface area contributed by atoms with Gasteiger partial charge in [-0.15, -0.1) is 59.8 Å². The highest BCUT2D eigenvalue weighted by molar-refractivity contribution is 5.68. The fourth-order valence-electron chi connectivity index (χ4n) is 20.9. The van der Waals surface area contributed by atoms with Crippen molar-refractivity contribution in [3.05, 3.63) is 325 Å².